The quantitative estimate of drug-likeness (QED) is 0.864. The van der Waals surface area contributed by atoms with E-state index in [-0.39, 0.29) is 0 Å². The van der Waals surface area contributed by atoms with E-state index in [1.165, 1.54) is 7.11 Å². The summed E-state index contributed by atoms with van der Waals surface area (Å²) in [6.07, 6.45) is 0. The first kappa shape index (κ1) is 11.0. The lowest BCUT2D eigenvalue weighted by Crippen LogP contribution is -2.20. The third-order valence-electron chi connectivity index (χ3n) is 1.80. The van der Waals surface area contributed by atoms with Crippen LogP contribution in [0.4, 0.5) is 0 Å². The fraction of sp³-hybridized carbons (Fsp3) is 0.222. The summed E-state index contributed by atoms with van der Waals surface area (Å²) in [5, 5.41) is 8.68. The van der Waals surface area contributed by atoms with E-state index in [2.05, 4.69) is 15.9 Å². The number of carboxylic acid groups (broad SMARTS) is 1. The fourth-order valence-corrected chi connectivity index (χ4v) is 1.58. The number of benzene rings is 1. The molecule has 1 atom stereocenters. The number of carboxylic acids is 1. The van der Waals surface area contributed by atoms with E-state index in [0.29, 0.717) is 15.8 Å². The molecule has 0 aliphatic carbocycles. The van der Waals surface area contributed by atoms with Crippen molar-refractivity contribution < 1.29 is 14.6 Å². The third kappa shape index (κ3) is 2.24. The number of ether oxygens (including phenoxy) is 1. The maximum absolute atomic E-state index is 10.6. The summed E-state index contributed by atoms with van der Waals surface area (Å²) in [6.45, 7) is 0. The smallest absolute Gasteiger partial charge is 0.325 e. The molecular formula is C9H10BrNO3. The van der Waals surface area contributed by atoms with Gasteiger partial charge in [0.25, 0.3) is 0 Å². The van der Waals surface area contributed by atoms with Gasteiger partial charge in [0.15, 0.2) is 0 Å². The predicted molar refractivity (Wildman–Crippen MR) is 55.3 cm³/mol. The van der Waals surface area contributed by atoms with E-state index in [0.717, 1.165) is 0 Å². The molecule has 3 N–H and O–H groups in total. The summed E-state index contributed by atoms with van der Waals surface area (Å²) < 4.78 is 5.69. The Kier molecular flexibility index (Phi) is 3.49. The van der Waals surface area contributed by atoms with Gasteiger partial charge in [-0.25, -0.2) is 0 Å². The van der Waals surface area contributed by atoms with Crippen LogP contribution in [0.15, 0.2) is 22.7 Å². The minimum absolute atomic E-state index is 0.533. The SMILES string of the molecule is COc1ccc([C@@H](N)C(=O)O)cc1Br. The lowest BCUT2D eigenvalue weighted by Gasteiger charge is -2.09. The predicted octanol–water partition coefficient (Wildman–Crippen LogP) is 1.54. The molecule has 0 aromatic heterocycles. The van der Waals surface area contributed by atoms with Crippen LogP contribution in [0.3, 0.4) is 0 Å². The van der Waals surface area contributed by atoms with Crippen LogP contribution in [-0.2, 0) is 4.79 Å². The van der Waals surface area contributed by atoms with Gasteiger partial charge in [-0.15, -0.1) is 0 Å². The number of rotatable bonds is 3. The van der Waals surface area contributed by atoms with Crippen LogP contribution in [0.25, 0.3) is 0 Å². The number of halogens is 1. The van der Waals surface area contributed by atoms with Gasteiger partial charge in [-0.2, -0.15) is 0 Å². The van der Waals surface area contributed by atoms with Gasteiger partial charge in [-0.05, 0) is 33.6 Å². The van der Waals surface area contributed by atoms with Gasteiger partial charge >= 0.3 is 5.97 Å². The van der Waals surface area contributed by atoms with Crippen LogP contribution in [0.5, 0.6) is 5.75 Å². The van der Waals surface area contributed by atoms with Crippen molar-refractivity contribution in [2.75, 3.05) is 7.11 Å². The Balaban J connectivity index is 3.02. The Bertz CT molecular complexity index is 354. The molecule has 1 aromatic rings. The first-order valence-corrected chi connectivity index (χ1v) is 4.67. The molecule has 0 saturated carbocycles. The third-order valence-corrected chi connectivity index (χ3v) is 2.42. The highest BCUT2D eigenvalue weighted by molar-refractivity contribution is 9.10. The minimum atomic E-state index is -1.05. The molecule has 5 heteroatoms. The molecule has 76 valence electrons. The molecule has 1 aromatic carbocycles. The Hall–Kier alpha value is -1.07. The Morgan fingerprint density at radius 3 is 2.71 bits per heavy atom. The normalized spacial score (nSPS) is 12.2. The van der Waals surface area contributed by atoms with E-state index in [1.54, 1.807) is 18.2 Å². The van der Waals surface area contributed by atoms with Crippen LogP contribution in [0.1, 0.15) is 11.6 Å². The highest BCUT2D eigenvalue weighted by Gasteiger charge is 2.15. The van der Waals surface area contributed by atoms with Crippen molar-refractivity contribution in [1.82, 2.24) is 0 Å². The van der Waals surface area contributed by atoms with Crippen LogP contribution >= 0.6 is 15.9 Å². The molecule has 0 aliphatic heterocycles. The number of hydrogen-bond donors (Lipinski definition) is 2. The van der Waals surface area contributed by atoms with Gasteiger partial charge in [-0.3, -0.25) is 4.79 Å². The molecule has 0 spiro atoms. The van der Waals surface area contributed by atoms with E-state index < -0.39 is 12.0 Å². The molecular weight excluding hydrogens is 250 g/mol. The summed E-state index contributed by atoms with van der Waals surface area (Å²) in [6, 6.07) is 3.93. The van der Waals surface area contributed by atoms with Gasteiger partial charge < -0.3 is 15.6 Å². The van der Waals surface area contributed by atoms with Crippen LogP contribution in [-0.4, -0.2) is 18.2 Å². The molecule has 0 unspecified atom stereocenters. The van der Waals surface area contributed by atoms with Crippen molar-refractivity contribution in [3.8, 4) is 5.75 Å². The lowest BCUT2D eigenvalue weighted by molar-refractivity contribution is -0.138. The number of nitrogens with two attached hydrogens (primary N) is 1. The second kappa shape index (κ2) is 4.43. The maximum Gasteiger partial charge on any atom is 0.325 e. The first-order chi connectivity index (χ1) is 6.56. The highest BCUT2D eigenvalue weighted by atomic mass is 79.9. The highest BCUT2D eigenvalue weighted by Crippen LogP contribution is 2.27. The van der Waals surface area contributed by atoms with E-state index >= 15 is 0 Å². The van der Waals surface area contributed by atoms with Gasteiger partial charge in [0, 0.05) is 0 Å². The van der Waals surface area contributed by atoms with Crippen molar-refractivity contribution in [3.63, 3.8) is 0 Å². The summed E-state index contributed by atoms with van der Waals surface area (Å²) in [4.78, 5) is 10.6. The largest absolute Gasteiger partial charge is 0.496 e. The van der Waals surface area contributed by atoms with Crippen molar-refractivity contribution >= 4 is 21.9 Å². The van der Waals surface area contributed by atoms with Gasteiger partial charge in [0.1, 0.15) is 11.8 Å². The topological polar surface area (TPSA) is 72.5 Å². The molecule has 0 fully saturated rings. The molecule has 4 nitrogen and oxygen atoms in total. The van der Waals surface area contributed by atoms with Crippen molar-refractivity contribution in [2.24, 2.45) is 5.73 Å². The number of carbonyl (C=O) groups is 1. The molecule has 0 aliphatic rings. The summed E-state index contributed by atoms with van der Waals surface area (Å²) in [5.41, 5.74) is 5.97. The average molecular weight is 260 g/mol. The number of methoxy groups -OCH3 is 1. The lowest BCUT2D eigenvalue weighted by atomic mass is 10.1. The monoisotopic (exact) mass is 259 g/mol. The fourth-order valence-electron chi connectivity index (χ4n) is 1.02. The van der Waals surface area contributed by atoms with Crippen LogP contribution in [0, 0.1) is 0 Å². The van der Waals surface area contributed by atoms with Crippen LogP contribution in [0.2, 0.25) is 0 Å². The molecule has 14 heavy (non-hydrogen) atoms. The average Bonchev–Trinajstić information content (AvgIpc) is 2.16. The number of aliphatic carboxylic acids is 1. The maximum atomic E-state index is 10.6. The second-order valence-electron chi connectivity index (χ2n) is 2.71. The molecule has 0 saturated heterocycles. The standard InChI is InChI=1S/C9H10BrNO3/c1-14-7-3-2-5(4-6(7)10)8(11)9(12)13/h2-4,8H,11H2,1H3,(H,12,13)/t8-/m1/s1. The van der Waals surface area contributed by atoms with E-state index in [9.17, 15) is 4.79 Å². The number of hydrogen-bond acceptors (Lipinski definition) is 3. The van der Waals surface area contributed by atoms with Crippen LogP contribution < -0.4 is 10.5 Å². The summed E-state index contributed by atoms with van der Waals surface area (Å²) >= 11 is 3.25. The summed E-state index contributed by atoms with van der Waals surface area (Å²) in [5.74, 6) is -0.409. The Morgan fingerprint density at radius 1 is 1.64 bits per heavy atom. The summed E-state index contributed by atoms with van der Waals surface area (Å²) in [7, 11) is 1.54. The van der Waals surface area contributed by atoms with Gasteiger partial charge in [0.2, 0.25) is 0 Å². The molecule has 0 heterocycles. The zero-order chi connectivity index (χ0) is 10.7. The molecule has 1 rings (SSSR count). The zero-order valence-corrected chi connectivity index (χ0v) is 9.11. The van der Waals surface area contributed by atoms with E-state index in [1.807, 2.05) is 0 Å². The van der Waals surface area contributed by atoms with Crippen molar-refractivity contribution in [1.29, 1.82) is 0 Å². The minimum Gasteiger partial charge on any atom is -0.496 e. The van der Waals surface area contributed by atoms with Gasteiger partial charge in [0.05, 0.1) is 11.6 Å². The van der Waals surface area contributed by atoms with Gasteiger partial charge in [-0.1, -0.05) is 6.07 Å². The van der Waals surface area contributed by atoms with E-state index in [4.69, 9.17) is 15.6 Å². The van der Waals surface area contributed by atoms with Crippen molar-refractivity contribution in [2.45, 2.75) is 6.04 Å². The molecule has 0 amide bonds. The van der Waals surface area contributed by atoms with Crippen molar-refractivity contribution in [3.05, 3.63) is 28.2 Å². The molecule has 0 radical (unpaired) electrons. The Labute approximate surface area is 89.8 Å². The molecule has 0 bridgehead atoms. The second-order valence-corrected chi connectivity index (χ2v) is 3.56. The zero-order valence-electron chi connectivity index (χ0n) is 7.53. The Morgan fingerprint density at radius 2 is 2.29 bits per heavy atom. The first-order valence-electron chi connectivity index (χ1n) is 3.88.